The Hall–Kier alpha value is -1.97. The van der Waals surface area contributed by atoms with Crippen LogP contribution in [-0.2, 0) is 0 Å². The van der Waals surface area contributed by atoms with Crippen LogP contribution < -0.4 is 4.74 Å². The molecule has 1 nitrogen and oxygen atoms in total. The van der Waals surface area contributed by atoms with E-state index in [9.17, 15) is 13.2 Å². The summed E-state index contributed by atoms with van der Waals surface area (Å²) >= 11 is 0. The number of ether oxygens (including phenoxy) is 1. The van der Waals surface area contributed by atoms with Crippen LogP contribution in [-0.4, -0.2) is 12.8 Å². The number of hydrogen-bond donors (Lipinski definition) is 0. The molecule has 0 atom stereocenters. The van der Waals surface area contributed by atoms with Crippen molar-refractivity contribution in [2.75, 3.05) is 6.61 Å². The first kappa shape index (κ1) is 25.6. The summed E-state index contributed by atoms with van der Waals surface area (Å²) in [7, 11) is 0. The van der Waals surface area contributed by atoms with Gasteiger partial charge in [-0.25, -0.2) is 0 Å². The van der Waals surface area contributed by atoms with Crippen LogP contribution in [0.15, 0.2) is 48.5 Å². The van der Waals surface area contributed by atoms with Gasteiger partial charge in [-0.15, -0.1) is 0 Å². The van der Waals surface area contributed by atoms with Crippen molar-refractivity contribution in [3.63, 3.8) is 0 Å². The molecule has 0 amide bonds. The fourth-order valence-electron chi connectivity index (χ4n) is 4.98. The zero-order chi connectivity index (χ0) is 23.5. The molecule has 0 unspecified atom stereocenters. The Kier molecular flexibility index (Phi) is 10.1. The lowest BCUT2D eigenvalue weighted by molar-refractivity contribution is -0.136. The monoisotopic (exact) mass is 460 g/mol. The van der Waals surface area contributed by atoms with Crippen LogP contribution in [0.5, 0.6) is 5.75 Å². The summed E-state index contributed by atoms with van der Waals surface area (Å²) in [6.45, 7) is 2.35. The molecule has 182 valence electrons. The van der Waals surface area contributed by atoms with E-state index in [2.05, 4.69) is 31.2 Å². The number of halogens is 3. The predicted octanol–water partition coefficient (Wildman–Crippen LogP) is 9.71. The van der Waals surface area contributed by atoms with Crippen molar-refractivity contribution in [2.24, 2.45) is 5.92 Å². The molecule has 33 heavy (non-hydrogen) atoms. The first-order valence-corrected chi connectivity index (χ1v) is 12.8. The normalized spacial score (nSPS) is 18.9. The Morgan fingerprint density at radius 3 is 1.97 bits per heavy atom. The minimum absolute atomic E-state index is 0.0203. The molecule has 0 N–H and O–H groups in total. The lowest BCUT2D eigenvalue weighted by Gasteiger charge is -2.29. The Morgan fingerprint density at radius 1 is 0.758 bits per heavy atom. The molecule has 1 aliphatic rings. The molecule has 1 saturated carbocycles. The maximum Gasteiger partial charge on any atom is 0.389 e. The molecule has 0 aromatic heterocycles. The minimum Gasteiger partial charge on any atom is -0.494 e. The number of alkyl halides is 3. The van der Waals surface area contributed by atoms with Crippen molar-refractivity contribution < 1.29 is 17.9 Å². The molecule has 1 aliphatic carbocycles. The summed E-state index contributed by atoms with van der Waals surface area (Å²) in [6, 6.07) is 16.5. The van der Waals surface area contributed by atoms with E-state index < -0.39 is 12.6 Å². The largest absolute Gasteiger partial charge is 0.494 e. The topological polar surface area (TPSA) is 9.23 Å². The van der Waals surface area contributed by atoms with E-state index in [1.807, 2.05) is 24.3 Å². The second-order valence-electron chi connectivity index (χ2n) is 9.63. The molecule has 0 heterocycles. The van der Waals surface area contributed by atoms with E-state index in [0.717, 1.165) is 17.0 Å². The van der Waals surface area contributed by atoms with E-state index in [4.69, 9.17) is 4.74 Å². The number of hydrogen-bond acceptors (Lipinski definition) is 1. The summed E-state index contributed by atoms with van der Waals surface area (Å²) in [5.41, 5.74) is 3.70. The van der Waals surface area contributed by atoms with Crippen LogP contribution in [0.4, 0.5) is 13.2 Å². The summed E-state index contributed by atoms with van der Waals surface area (Å²) in [6.07, 6.45) is 8.71. The van der Waals surface area contributed by atoms with Crippen LogP contribution >= 0.6 is 0 Å². The molecule has 0 radical (unpaired) electrons. The lowest BCUT2D eigenvalue weighted by atomic mass is 9.77. The highest BCUT2D eigenvalue weighted by molar-refractivity contribution is 5.64. The smallest absolute Gasteiger partial charge is 0.389 e. The van der Waals surface area contributed by atoms with Crippen LogP contribution in [0.1, 0.15) is 95.5 Å². The molecule has 2 aromatic carbocycles. The van der Waals surface area contributed by atoms with Crippen LogP contribution in [0.2, 0.25) is 0 Å². The van der Waals surface area contributed by atoms with Gasteiger partial charge in [-0.2, -0.15) is 13.2 Å². The highest BCUT2D eigenvalue weighted by Crippen LogP contribution is 2.38. The second-order valence-corrected chi connectivity index (χ2v) is 9.63. The number of rotatable bonds is 12. The first-order chi connectivity index (χ1) is 15.9. The van der Waals surface area contributed by atoms with Gasteiger partial charge < -0.3 is 4.74 Å². The Labute approximate surface area is 197 Å². The maximum atomic E-state index is 12.2. The average Bonchev–Trinajstić information content (AvgIpc) is 2.82. The fourth-order valence-corrected chi connectivity index (χ4v) is 4.98. The SMILES string of the molecule is CCCCCCC[C@H]1CC[C@H](c2ccc(-c3ccc(OCCCC(F)(F)F)cc3)cc2)CC1. The van der Waals surface area contributed by atoms with E-state index in [1.54, 1.807) is 0 Å². The van der Waals surface area contributed by atoms with Gasteiger partial charge in [0, 0.05) is 6.42 Å². The molecule has 0 spiro atoms. The second kappa shape index (κ2) is 13.1. The van der Waals surface area contributed by atoms with Gasteiger partial charge in [-0.05, 0) is 72.8 Å². The third-order valence-corrected chi connectivity index (χ3v) is 7.01. The van der Waals surface area contributed by atoms with Crippen molar-refractivity contribution in [3.05, 3.63) is 54.1 Å². The summed E-state index contributed by atoms with van der Waals surface area (Å²) in [5.74, 6) is 2.22. The fraction of sp³-hybridized carbons (Fsp3) is 0.586. The van der Waals surface area contributed by atoms with Crippen molar-refractivity contribution in [1.82, 2.24) is 0 Å². The van der Waals surface area contributed by atoms with E-state index in [1.165, 1.54) is 69.8 Å². The Bertz CT molecular complexity index is 787. The molecule has 1 fully saturated rings. The molecular weight excluding hydrogens is 421 g/mol. The van der Waals surface area contributed by atoms with Gasteiger partial charge in [0.1, 0.15) is 5.75 Å². The molecular formula is C29H39F3O. The number of benzene rings is 2. The van der Waals surface area contributed by atoms with Gasteiger partial charge in [-0.1, -0.05) is 81.8 Å². The maximum absolute atomic E-state index is 12.2. The average molecular weight is 461 g/mol. The molecule has 2 aromatic rings. The van der Waals surface area contributed by atoms with Gasteiger partial charge in [0.15, 0.2) is 0 Å². The first-order valence-electron chi connectivity index (χ1n) is 12.8. The molecule has 0 bridgehead atoms. The van der Waals surface area contributed by atoms with Crippen molar-refractivity contribution >= 4 is 0 Å². The zero-order valence-electron chi connectivity index (χ0n) is 20.0. The van der Waals surface area contributed by atoms with Gasteiger partial charge in [0.05, 0.1) is 6.61 Å². The van der Waals surface area contributed by atoms with E-state index in [-0.39, 0.29) is 13.0 Å². The quantitative estimate of drug-likeness (QED) is 0.286. The van der Waals surface area contributed by atoms with Crippen LogP contribution in [0, 0.1) is 5.92 Å². The van der Waals surface area contributed by atoms with Crippen molar-refractivity contribution in [2.45, 2.75) is 96.1 Å². The van der Waals surface area contributed by atoms with Gasteiger partial charge in [0.2, 0.25) is 0 Å². The van der Waals surface area contributed by atoms with Crippen LogP contribution in [0.3, 0.4) is 0 Å². The Balaban J connectivity index is 1.42. The molecule has 3 rings (SSSR count). The van der Waals surface area contributed by atoms with E-state index >= 15 is 0 Å². The highest BCUT2D eigenvalue weighted by Gasteiger charge is 2.26. The third kappa shape index (κ3) is 9.06. The summed E-state index contributed by atoms with van der Waals surface area (Å²) in [5, 5.41) is 0. The predicted molar refractivity (Wildman–Crippen MR) is 131 cm³/mol. The standard InChI is InChI=1S/C29H39F3O/c1-2-3-4-5-6-8-23-9-11-24(12-10-23)25-13-15-26(16-14-25)27-17-19-28(20-18-27)33-22-7-21-29(30,31)32/h13-20,23-24H,2-12,21-22H2,1H3/t23-,24-. The van der Waals surface area contributed by atoms with Gasteiger partial charge in [-0.3, -0.25) is 0 Å². The number of unbranched alkanes of at least 4 members (excludes halogenated alkanes) is 4. The molecule has 4 heteroatoms. The molecule has 0 aliphatic heterocycles. The van der Waals surface area contributed by atoms with Gasteiger partial charge in [0.25, 0.3) is 0 Å². The van der Waals surface area contributed by atoms with Crippen molar-refractivity contribution in [1.29, 1.82) is 0 Å². The highest BCUT2D eigenvalue weighted by atomic mass is 19.4. The minimum atomic E-state index is -4.12. The Morgan fingerprint density at radius 2 is 1.36 bits per heavy atom. The summed E-state index contributed by atoms with van der Waals surface area (Å²) < 4.78 is 42.1. The third-order valence-electron chi connectivity index (χ3n) is 7.01. The van der Waals surface area contributed by atoms with Crippen molar-refractivity contribution in [3.8, 4) is 16.9 Å². The van der Waals surface area contributed by atoms with E-state index in [0.29, 0.717) is 11.7 Å². The zero-order valence-corrected chi connectivity index (χ0v) is 20.0. The lowest BCUT2D eigenvalue weighted by Crippen LogP contribution is -2.13. The molecule has 0 saturated heterocycles. The van der Waals surface area contributed by atoms with Crippen LogP contribution in [0.25, 0.3) is 11.1 Å². The van der Waals surface area contributed by atoms with Gasteiger partial charge >= 0.3 is 6.18 Å². The summed E-state index contributed by atoms with van der Waals surface area (Å²) in [4.78, 5) is 0.